The van der Waals surface area contributed by atoms with Crippen LogP contribution in [0.1, 0.15) is 18.4 Å². The minimum atomic E-state index is -1.08. The van der Waals surface area contributed by atoms with E-state index in [0.717, 1.165) is 4.43 Å². The van der Waals surface area contributed by atoms with Crippen LogP contribution in [0.2, 0.25) is 0 Å². The molecular formula is C11H13IO4. The number of halogens is 1. The standard InChI is InChI=1S/C7H7I.C4H6O4/c8-6-7-4-2-1-3-5-7;5-3(6)1-2-4(7)8/h1-5H,6H2;1-2H2,(H,5,6)(H,7,8). The summed E-state index contributed by atoms with van der Waals surface area (Å²) in [5, 5.41) is 15.8. The Kier molecular flexibility index (Phi) is 8.51. The normalized spacial score (nSPS) is 8.81. The third-order valence-electron chi connectivity index (χ3n) is 1.55. The summed E-state index contributed by atoms with van der Waals surface area (Å²) in [6, 6.07) is 10.4. The van der Waals surface area contributed by atoms with Crippen LogP contribution in [0, 0.1) is 0 Å². The lowest BCUT2D eigenvalue weighted by Gasteiger charge is -1.88. The van der Waals surface area contributed by atoms with Crippen molar-refractivity contribution in [3.63, 3.8) is 0 Å². The van der Waals surface area contributed by atoms with Crippen molar-refractivity contribution in [1.29, 1.82) is 0 Å². The highest BCUT2D eigenvalue weighted by Gasteiger charge is 2.00. The van der Waals surface area contributed by atoms with Crippen LogP contribution >= 0.6 is 22.6 Å². The Hall–Kier alpha value is -1.11. The van der Waals surface area contributed by atoms with Crippen LogP contribution in [0.4, 0.5) is 0 Å². The molecule has 0 fully saturated rings. The number of carboxylic acids is 2. The minimum absolute atomic E-state index is 0.296. The predicted octanol–water partition coefficient (Wildman–Crippen LogP) is 2.56. The molecule has 2 N–H and O–H groups in total. The molecule has 0 aliphatic heterocycles. The van der Waals surface area contributed by atoms with Gasteiger partial charge in [-0.05, 0) is 5.56 Å². The first kappa shape index (κ1) is 14.9. The molecule has 4 nitrogen and oxygen atoms in total. The van der Waals surface area contributed by atoms with E-state index < -0.39 is 11.9 Å². The summed E-state index contributed by atoms with van der Waals surface area (Å²) < 4.78 is 1.11. The third-order valence-corrected chi connectivity index (χ3v) is 2.43. The second-order valence-corrected chi connectivity index (χ2v) is 3.67. The molecule has 0 aliphatic rings. The molecule has 0 aliphatic carbocycles. The van der Waals surface area contributed by atoms with Crippen LogP contribution in [0.15, 0.2) is 30.3 Å². The van der Waals surface area contributed by atoms with Crippen molar-refractivity contribution in [3.05, 3.63) is 35.9 Å². The maximum atomic E-state index is 9.64. The quantitative estimate of drug-likeness (QED) is 0.655. The molecule has 1 rings (SSSR count). The fraction of sp³-hybridized carbons (Fsp3) is 0.273. The van der Waals surface area contributed by atoms with Gasteiger partial charge >= 0.3 is 11.9 Å². The van der Waals surface area contributed by atoms with Crippen molar-refractivity contribution < 1.29 is 19.8 Å². The first-order valence-corrected chi connectivity index (χ1v) is 6.12. The van der Waals surface area contributed by atoms with E-state index in [2.05, 4.69) is 46.9 Å². The molecule has 1 aromatic rings. The maximum absolute atomic E-state index is 9.64. The Morgan fingerprint density at radius 1 is 1.00 bits per heavy atom. The van der Waals surface area contributed by atoms with Gasteiger partial charge in [0.25, 0.3) is 0 Å². The molecule has 1 aromatic carbocycles. The molecule has 5 heteroatoms. The maximum Gasteiger partial charge on any atom is 0.303 e. The molecule has 0 spiro atoms. The number of hydrogen-bond acceptors (Lipinski definition) is 2. The highest BCUT2D eigenvalue weighted by Crippen LogP contribution is 2.02. The zero-order chi connectivity index (χ0) is 12.4. The van der Waals surface area contributed by atoms with E-state index in [0.29, 0.717) is 0 Å². The number of rotatable bonds is 4. The van der Waals surface area contributed by atoms with Crippen molar-refractivity contribution in [3.8, 4) is 0 Å². The number of alkyl halides is 1. The van der Waals surface area contributed by atoms with Gasteiger partial charge in [-0.2, -0.15) is 0 Å². The van der Waals surface area contributed by atoms with E-state index in [9.17, 15) is 9.59 Å². The molecule has 0 unspecified atom stereocenters. The smallest absolute Gasteiger partial charge is 0.303 e. The summed E-state index contributed by atoms with van der Waals surface area (Å²) in [5.41, 5.74) is 1.40. The SMILES string of the molecule is ICc1ccccc1.O=C(O)CCC(=O)O. The molecule has 16 heavy (non-hydrogen) atoms. The van der Waals surface area contributed by atoms with Gasteiger partial charge in [-0.1, -0.05) is 52.9 Å². The van der Waals surface area contributed by atoms with Gasteiger partial charge in [-0.25, -0.2) is 0 Å². The summed E-state index contributed by atoms with van der Waals surface area (Å²) in [6.07, 6.45) is -0.593. The van der Waals surface area contributed by atoms with Gasteiger partial charge in [-0.15, -0.1) is 0 Å². The van der Waals surface area contributed by atoms with Crippen molar-refractivity contribution in [2.24, 2.45) is 0 Å². The Bertz CT molecular complexity index is 310. The Labute approximate surface area is 107 Å². The highest BCUT2D eigenvalue weighted by atomic mass is 127. The molecule has 0 heterocycles. The van der Waals surface area contributed by atoms with Gasteiger partial charge in [0.15, 0.2) is 0 Å². The monoisotopic (exact) mass is 336 g/mol. The van der Waals surface area contributed by atoms with E-state index in [4.69, 9.17) is 10.2 Å². The van der Waals surface area contributed by atoms with Crippen molar-refractivity contribution in [2.45, 2.75) is 17.3 Å². The molecule has 0 amide bonds. The fourth-order valence-corrected chi connectivity index (χ4v) is 1.29. The Balaban J connectivity index is 0.000000281. The summed E-state index contributed by atoms with van der Waals surface area (Å²) in [5.74, 6) is -2.15. The Morgan fingerprint density at radius 3 is 1.69 bits per heavy atom. The lowest BCUT2D eigenvalue weighted by molar-refractivity contribution is -0.143. The minimum Gasteiger partial charge on any atom is -0.481 e. The third kappa shape index (κ3) is 9.45. The van der Waals surface area contributed by atoms with E-state index in [1.54, 1.807) is 0 Å². The van der Waals surface area contributed by atoms with Crippen molar-refractivity contribution >= 4 is 34.5 Å². The largest absolute Gasteiger partial charge is 0.481 e. The number of aliphatic carboxylic acids is 2. The topological polar surface area (TPSA) is 74.6 Å². The molecule has 88 valence electrons. The van der Waals surface area contributed by atoms with Crippen molar-refractivity contribution in [2.75, 3.05) is 0 Å². The number of carboxylic acid groups (broad SMARTS) is 2. The lowest BCUT2D eigenvalue weighted by atomic mass is 10.2. The van der Waals surface area contributed by atoms with Crippen LogP contribution < -0.4 is 0 Å². The van der Waals surface area contributed by atoms with Gasteiger partial charge in [0.1, 0.15) is 0 Å². The van der Waals surface area contributed by atoms with E-state index in [1.807, 2.05) is 6.07 Å². The van der Waals surface area contributed by atoms with Gasteiger partial charge in [0.05, 0.1) is 12.8 Å². The van der Waals surface area contributed by atoms with Crippen LogP contribution in [-0.4, -0.2) is 22.2 Å². The average molecular weight is 336 g/mol. The molecule has 0 atom stereocenters. The molecule has 0 radical (unpaired) electrons. The summed E-state index contributed by atoms with van der Waals surface area (Å²) in [4.78, 5) is 19.3. The molecule has 0 saturated carbocycles. The van der Waals surface area contributed by atoms with E-state index >= 15 is 0 Å². The van der Waals surface area contributed by atoms with Crippen LogP contribution in [0.3, 0.4) is 0 Å². The predicted molar refractivity (Wildman–Crippen MR) is 68.7 cm³/mol. The van der Waals surface area contributed by atoms with Gasteiger partial charge < -0.3 is 10.2 Å². The summed E-state index contributed by atoms with van der Waals surface area (Å²) >= 11 is 2.35. The van der Waals surface area contributed by atoms with Gasteiger partial charge in [0, 0.05) is 4.43 Å². The number of hydrogen-bond donors (Lipinski definition) is 2. The van der Waals surface area contributed by atoms with E-state index in [1.165, 1.54) is 5.56 Å². The Morgan fingerprint density at radius 2 is 1.44 bits per heavy atom. The molecule has 0 aromatic heterocycles. The number of benzene rings is 1. The van der Waals surface area contributed by atoms with Crippen LogP contribution in [0.5, 0.6) is 0 Å². The first-order valence-electron chi connectivity index (χ1n) is 4.59. The second-order valence-electron chi connectivity index (χ2n) is 2.91. The van der Waals surface area contributed by atoms with Crippen LogP contribution in [-0.2, 0) is 14.0 Å². The summed E-state index contributed by atoms with van der Waals surface area (Å²) in [6.45, 7) is 0. The van der Waals surface area contributed by atoms with Gasteiger partial charge in [-0.3, -0.25) is 9.59 Å². The molecular weight excluding hydrogens is 323 g/mol. The van der Waals surface area contributed by atoms with Crippen molar-refractivity contribution in [1.82, 2.24) is 0 Å². The van der Waals surface area contributed by atoms with Gasteiger partial charge in [0.2, 0.25) is 0 Å². The molecule has 0 bridgehead atoms. The second kappa shape index (κ2) is 9.14. The fourth-order valence-electron chi connectivity index (χ4n) is 0.781. The zero-order valence-electron chi connectivity index (χ0n) is 8.60. The summed E-state index contributed by atoms with van der Waals surface area (Å²) in [7, 11) is 0. The zero-order valence-corrected chi connectivity index (χ0v) is 10.8. The average Bonchev–Trinajstić information content (AvgIpc) is 2.28. The van der Waals surface area contributed by atoms with Crippen LogP contribution in [0.25, 0.3) is 0 Å². The van der Waals surface area contributed by atoms with E-state index in [-0.39, 0.29) is 12.8 Å². The highest BCUT2D eigenvalue weighted by molar-refractivity contribution is 14.1. The molecule has 0 saturated heterocycles. The first-order chi connectivity index (χ1) is 7.56. The lowest BCUT2D eigenvalue weighted by Crippen LogP contribution is -2.00. The number of carbonyl (C=O) groups is 2.